The summed E-state index contributed by atoms with van der Waals surface area (Å²) in [5.41, 5.74) is 1.06. The Morgan fingerprint density at radius 3 is 2.14 bits per heavy atom. The fraction of sp³-hybridized carbons (Fsp3) is 0.412. The first-order chi connectivity index (χ1) is 22.6. The molecule has 49 heavy (non-hydrogen) atoms. The molecule has 0 aliphatic heterocycles. The van der Waals surface area contributed by atoms with Crippen molar-refractivity contribution in [1.82, 2.24) is 20.3 Å². The Bertz CT molecular complexity index is 1920. The van der Waals surface area contributed by atoms with Crippen molar-refractivity contribution in [2.45, 2.75) is 83.0 Å². The molecule has 0 saturated carbocycles. The monoisotopic (exact) mass is 734 g/mol. The van der Waals surface area contributed by atoms with E-state index in [9.17, 15) is 31.2 Å². The summed E-state index contributed by atoms with van der Waals surface area (Å²) in [7, 11) is -8.08. The molecule has 0 bridgehead atoms. The van der Waals surface area contributed by atoms with Gasteiger partial charge < -0.3 is 15.4 Å². The lowest BCUT2D eigenvalue weighted by atomic mass is 10.0. The lowest BCUT2D eigenvalue weighted by Gasteiger charge is -2.27. The summed E-state index contributed by atoms with van der Waals surface area (Å²) < 4.78 is 58.2. The highest BCUT2D eigenvalue weighted by Gasteiger charge is 2.33. The third kappa shape index (κ3) is 12.2. The van der Waals surface area contributed by atoms with Gasteiger partial charge in [0.15, 0.2) is 9.84 Å². The van der Waals surface area contributed by atoms with Crippen LogP contribution in [0.5, 0.6) is 0 Å². The molecule has 3 atom stereocenters. The molecule has 12 nitrogen and oxygen atoms in total. The van der Waals surface area contributed by atoms with Gasteiger partial charge in [0.1, 0.15) is 22.0 Å². The number of hydrogen-bond donors (Lipinski definition) is 3. The van der Waals surface area contributed by atoms with Crippen molar-refractivity contribution in [3.05, 3.63) is 82.4 Å². The van der Waals surface area contributed by atoms with Crippen molar-refractivity contribution >= 4 is 60.1 Å². The predicted molar refractivity (Wildman–Crippen MR) is 189 cm³/mol. The van der Waals surface area contributed by atoms with E-state index in [4.69, 9.17) is 16.3 Å². The number of para-hydroxylation sites is 1. The second-order valence-electron chi connectivity index (χ2n) is 13.1. The number of carbonyl (C=O) groups excluding carboxylic acids is 3. The van der Waals surface area contributed by atoms with Crippen LogP contribution in [0, 0.1) is 12.8 Å². The number of esters is 1. The molecule has 3 rings (SSSR count). The van der Waals surface area contributed by atoms with Crippen LogP contribution in [0.1, 0.15) is 52.3 Å². The number of amides is 2. The SMILES string of the molecule is Cc1ccc(S(=O)(=O)NC(Cc2ccc3ccccc3n2)C(=O)NC(C(=O)NC(C=C(Cl)S(C)(=O)=O)CC(=O)OC(C)(C)C)C(C)C)cc1. The number of halogens is 1. The molecule has 2 amide bonds. The molecule has 3 unspecified atom stereocenters. The van der Waals surface area contributed by atoms with Crippen LogP contribution in [0.4, 0.5) is 0 Å². The summed E-state index contributed by atoms with van der Waals surface area (Å²) in [6, 6.07) is 13.1. The van der Waals surface area contributed by atoms with Gasteiger partial charge in [-0.3, -0.25) is 19.4 Å². The number of sulfonamides is 1. The molecule has 266 valence electrons. The normalized spacial score (nSPS) is 14.6. The Hall–Kier alpha value is -3.85. The largest absolute Gasteiger partial charge is 0.460 e. The van der Waals surface area contributed by atoms with Gasteiger partial charge in [-0.25, -0.2) is 16.8 Å². The van der Waals surface area contributed by atoms with Crippen LogP contribution >= 0.6 is 11.6 Å². The zero-order valence-corrected chi connectivity index (χ0v) is 30.9. The first-order valence-electron chi connectivity index (χ1n) is 15.5. The van der Waals surface area contributed by atoms with E-state index in [1.54, 1.807) is 58.9 Å². The molecular weight excluding hydrogens is 692 g/mol. The van der Waals surface area contributed by atoms with Crippen LogP contribution in [0.2, 0.25) is 0 Å². The highest BCUT2D eigenvalue weighted by Crippen LogP contribution is 2.18. The summed E-state index contributed by atoms with van der Waals surface area (Å²) in [6.07, 6.45) is 1.28. The maximum Gasteiger partial charge on any atom is 0.308 e. The number of nitrogens with one attached hydrogen (secondary N) is 3. The number of rotatable bonds is 14. The fourth-order valence-electron chi connectivity index (χ4n) is 4.65. The van der Waals surface area contributed by atoms with E-state index in [1.807, 2.05) is 31.2 Å². The molecule has 2 aromatic carbocycles. The van der Waals surface area contributed by atoms with E-state index in [0.29, 0.717) is 11.2 Å². The lowest BCUT2D eigenvalue weighted by molar-refractivity contribution is -0.155. The van der Waals surface area contributed by atoms with Crippen LogP contribution in [0.3, 0.4) is 0 Å². The third-order valence-electron chi connectivity index (χ3n) is 7.08. The maximum absolute atomic E-state index is 13.9. The summed E-state index contributed by atoms with van der Waals surface area (Å²) >= 11 is 5.98. The van der Waals surface area contributed by atoms with Crippen LogP contribution in [-0.2, 0) is 45.4 Å². The Labute approximate surface area is 293 Å². The summed E-state index contributed by atoms with van der Waals surface area (Å²) in [6.45, 7) is 10.1. The van der Waals surface area contributed by atoms with Crippen molar-refractivity contribution in [3.63, 3.8) is 0 Å². The standard InChI is InChI=1S/C34H43ClN4O8S2/c1-21(2)31(33(42)37-25(19-29(35)48(7,43)44)20-30(40)47-34(4,5)6)38-32(41)28(39-49(45,46)26-16-12-22(3)13-17-26)18-24-15-14-23-10-8-9-11-27(23)36-24/h8-17,19,21,25,28,31,39H,18,20H2,1-7H3,(H,37,42)(H,38,41). The van der Waals surface area contributed by atoms with E-state index in [2.05, 4.69) is 20.3 Å². The van der Waals surface area contributed by atoms with Crippen LogP contribution in [0.15, 0.2) is 76.0 Å². The number of nitrogens with zero attached hydrogens (tertiary/aromatic N) is 1. The van der Waals surface area contributed by atoms with Crippen molar-refractivity contribution in [3.8, 4) is 0 Å². The smallest absolute Gasteiger partial charge is 0.308 e. The Kier molecular flexibility index (Phi) is 13.1. The quantitative estimate of drug-likeness (QED) is 0.207. The van der Waals surface area contributed by atoms with Gasteiger partial charge in [-0.05, 0) is 64.0 Å². The molecule has 3 aromatic rings. The first kappa shape index (κ1) is 39.6. The maximum atomic E-state index is 13.9. The second-order valence-corrected chi connectivity index (χ2v) is 17.4. The molecule has 15 heteroatoms. The molecule has 0 saturated heterocycles. The number of aromatic nitrogens is 1. The minimum atomic E-state index is -4.21. The van der Waals surface area contributed by atoms with Crippen LogP contribution < -0.4 is 15.4 Å². The first-order valence-corrected chi connectivity index (χ1v) is 19.2. The highest BCUT2D eigenvalue weighted by atomic mass is 35.5. The Morgan fingerprint density at radius 1 is 0.918 bits per heavy atom. The Balaban J connectivity index is 1.93. The second kappa shape index (κ2) is 16.2. The summed E-state index contributed by atoms with van der Waals surface area (Å²) in [4.78, 5) is 44.7. The van der Waals surface area contributed by atoms with Gasteiger partial charge in [0.2, 0.25) is 21.8 Å². The number of fused-ring (bicyclic) bond motifs is 1. The zero-order valence-electron chi connectivity index (χ0n) is 28.5. The number of ether oxygens (including phenoxy) is 1. The van der Waals surface area contributed by atoms with E-state index in [1.165, 1.54) is 12.1 Å². The van der Waals surface area contributed by atoms with E-state index >= 15 is 0 Å². The van der Waals surface area contributed by atoms with E-state index < -0.39 is 78.1 Å². The minimum Gasteiger partial charge on any atom is -0.460 e. The van der Waals surface area contributed by atoms with Gasteiger partial charge >= 0.3 is 5.97 Å². The van der Waals surface area contributed by atoms with Gasteiger partial charge in [0.05, 0.1) is 22.9 Å². The average Bonchev–Trinajstić information content (AvgIpc) is 2.97. The van der Waals surface area contributed by atoms with Crippen molar-refractivity contribution in [2.75, 3.05) is 6.26 Å². The molecule has 0 aliphatic carbocycles. The molecule has 0 spiro atoms. The molecule has 3 N–H and O–H groups in total. The lowest BCUT2D eigenvalue weighted by Crippen LogP contribution is -2.57. The van der Waals surface area contributed by atoms with E-state index in [0.717, 1.165) is 23.3 Å². The van der Waals surface area contributed by atoms with Crippen molar-refractivity contribution < 1.29 is 36.0 Å². The molecule has 0 aliphatic rings. The topological polar surface area (TPSA) is 178 Å². The highest BCUT2D eigenvalue weighted by molar-refractivity contribution is 7.96. The number of carbonyl (C=O) groups is 3. The van der Waals surface area contributed by atoms with E-state index in [-0.39, 0.29) is 11.3 Å². The summed E-state index contributed by atoms with van der Waals surface area (Å²) in [5, 5.41) is 6.08. The number of hydrogen-bond acceptors (Lipinski definition) is 9. The number of sulfone groups is 1. The minimum absolute atomic E-state index is 0.0555. The number of aryl methyl sites for hydroxylation is 1. The average molecular weight is 735 g/mol. The molecule has 1 heterocycles. The van der Waals surface area contributed by atoms with Crippen molar-refractivity contribution in [2.24, 2.45) is 5.92 Å². The molecule has 0 radical (unpaired) electrons. The van der Waals surface area contributed by atoms with Crippen molar-refractivity contribution in [1.29, 1.82) is 0 Å². The number of pyridine rings is 1. The Morgan fingerprint density at radius 2 is 1.55 bits per heavy atom. The van der Waals surface area contributed by atoms with Gasteiger partial charge in [-0.15, -0.1) is 0 Å². The predicted octanol–water partition coefficient (Wildman–Crippen LogP) is 3.92. The van der Waals surface area contributed by atoms with Gasteiger partial charge in [-0.2, -0.15) is 4.72 Å². The molecule has 0 fully saturated rings. The molecule has 1 aromatic heterocycles. The van der Waals surface area contributed by atoms with Crippen LogP contribution in [0.25, 0.3) is 10.9 Å². The molecular formula is C34H43ClN4O8S2. The number of benzene rings is 2. The van der Waals surface area contributed by atoms with Gasteiger partial charge in [0.25, 0.3) is 0 Å². The van der Waals surface area contributed by atoms with Gasteiger partial charge in [0, 0.05) is 23.8 Å². The van der Waals surface area contributed by atoms with Gasteiger partial charge in [-0.1, -0.05) is 67.4 Å². The summed E-state index contributed by atoms with van der Waals surface area (Å²) in [5.74, 6) is -2.85. The zero-order chi connectivity index (χ0) is 36.7. The fourth-order valence-corrected chi connectivity index (χ4v) is 6.41. The van der Waals surface area contributed by atoms with Crippen LogP contribution in [-0.4, -0.2) is 69.6 Å². The third-order valence-corrected chi connectivity index (χ3v) is 10.4.